The van der Waals surface area contributed by atoms with Crippen LogP contribution < -0.4 is 0 Å². The van der Waals surface area contributed by atoms with E-state index in [-0.39, 0.29) is 36.6 Å². The predicted molar refractivity (Wildman–Crippen MR) is 91.1 cm³/mol. The molecule has 25 heavy (non-hydrogen) atoms. The van der Waals surface area contributed by atoms with Gasteiger partial charge >= 0.3 is 6.09 Å². The van der Waals surface area contributed by atoms with Crippen molar-refractivity contribution in [2.75, 3.05) is 19.7 Å². The third-order valence-corrected chi connectivity index (χ3v) is 4.34. The molecule has 1 fully saturated rings. The van der Waals surface area contributed by atoms with Gasteiger partial charge in [0, 0.05) is 37.7 Å². The zero-order valence-electron chi connectivity index (χ0n) is 14.6. The molecule has 0 saturated carbocycles. The molecule has 0 radical (unpaired) electrons. The Morgan fingerprint density at radius 1 is 1.48 bits per heavy atom. The molecule has 1 unspecified atom stereocenters. The van der Waals surface area contributed by atoms with E-state index in [0.717, 1.165) is 0 Å². The van der Waals surface area contributed by atoms with Crippen molar-refractivity contribution in [3.05, 3.63) is 28.5 Å². The Hall–Kier alpha value is -1.44. The van der Waals surface area contributed by atoms with Crippen molar-refractivity contribution in [3.8, 4) is 0 Å². The first-order valence-corrected chi connectivity index (χ1v) is 8.55. The van der Waals surface area contributed by atoms with Crippen LogP contribution in [0.5, 0.6) is 0 Å². The third-order valence-electron chi connectivity index (χ3n) is 4.05. The van der Waals surface area contributed by atoms with Crippen molar-refractivity contribution in [1.29, 1.82) is 0 Å². The number of ether oxygens (including phenoxy) is 1. The fourth-order valence-electron chi connectivity index (χ4n) is 2.68. The van der Waals surface area contributed by atoms with Gasteiger partial charge < -0.3 is 19.8 Å². The second-order valence-electron chi connectivity index (χ2n) is 7.23. The molecule has 2 heterocycles. The van der Waals surface area contributed by atoms with E-state index >= 15 is 4.39 Å². The number of nitrogens with zero attached hydrogens (tertiary/aromatic N) is 2. The van der Waals surface area contributed by atoms with Crippen LogP contribution in [0.2, 0.25) is 5.02 Å². The molecule has 1 aliphatic heterocycles. The van der Waals surface area contributed by atoms with E-state index in [1.807, 2.05) is 0 Å². The molecule has 1 aromatic heterocycles. The second-order valence-corrected chi connectivity index (χ2v) is 7.64. The van der Waals surface area contributed by atoms with Crippen LogP contribution in [0.1, 0.15) is 51.0 Å². The summed E-state index contributed by atoms with van der Waals surface area (Å²) in [5.74, 6) is 0. The highest BCUT2D eigenvalue weighted by molar-refractivity contribution is 6.31. The number of alkyl halides is 1. The predicted octanol–water partition coefficient (Wildman–Crippen LogP) is 2.96. The summed E-state index contributed by atoms with van der Waals surface area (Å²) in [7, 11) is 0. The van der Waals surface area contributed by atoms with E-state index < -0.39 is 30.1 Å². The molecule has 2 rings (SSSR count). The highest BCUT2D eigenvalue weighted by Gasteiger charge is 2.41. The first-order chi connectivity index (χ1) is 11.6. The quantitative estimate of drug-likeness (QED) is 0.849. The monoisotopic (exact) mass is 374 g/mol. The minimum Gasteiger partial charge on any atom is -0.444 e. The average molecular weight is 375 g/mol. The molecular weight excluding hydrogens is 351 g/mol. The SMILES string of the molecule is CC(C)(C)OC(=O)N1CCC(F)(c2ncc(C(O)CO)cc2Cl)CC1. The molecule has 8 heteroatoms. The number of amides is 1. The maximum atomic E-state index is 15.3. The van der Waals surface area contributed by atoms with E-state index in [2.05, 4.69) is 4.98 Å². The van der Waals surface area contributed by atoms with Gasteiger partial charge in [-0.05, 0) is 26.8 Å². The van der Waals surface area contributed by atoms with Gasteiger partial charge in [-0.15, -0.1) is 0 Å². The molecule has 0 bridgehead atoms. The van der Waals surface area contributed by atoms with E-state index in [9.17, 15) is 9.90 Å². The number of aliphatic hydroxyl groups excluding tert-OH is 2. The number of aromatic nitrogens is 1. The fourth-order valence-corrected chi connectivity index (χ4v) is 3.02. The van der Waals surface area contributed by atoms with Gasteiger partial charge in [0.1, 0.15) is 11.7 Å². The number of rotatable bonds is 3. The highest BCUT2D eigenvalue weighted by Crippen LogP contribution is 2.40. The smallest absolute Gasteiger partial charge is 0.410 e. The molecule has 1 saturated heterocycles. The number of aliphatic hydroxyl groups is 2. The minimum atomic E-state index is -1.75. The largest absolute Gasteiger partial charge is 0.444 e. The van der Waals surface area contributed by atoms with Crippen LogP contribution in [0.3, 0.4) is 0 Å². The van der Waals surface area contributed by atoms with Gasteiger partial charge in [-0.2, -0.15) is 0 Å². The second kappa shape index (κ2) is 7.43. The van der Waals surface area contributed by atoms with Gasteiger partial charge in [0.05, 0.1) is 17.3 Å². The van der Waals surface area contributed by atoms with Gasteiger partial charge in [-0.1, -0.05) is 11.6 Å². The van der Waals surface area contributed by atoms with E-state index in [0.29, 0.717) is 5.56 Å². The molecule has 1 aliphatic rings. The summed E-state index contributed by atoms with van der Waals surface area (Å²) < 4.78 is 20.6. The van der Waals surface area contributed by atoms with Crippen LogP contribution in [-0.2, 0) is 10.4 Å². The summed E-state index contributed by atoms with van der Waals surface area (Å²) in [5, 5.41) is 18.7. The number of carbonyl (C=O) groups is 1. The van der Waals surface area contributed by atoms with Crippen LogP contribution in [0.25, 0.3) is 0 Å². The summed E-state index contributed by atoms with van der Waals surface area (Å²) in [4.78, 5) is 17.6. The number of piperidine rings is 1. The lowest BCUT2D eigenvalue weighted by molar-refractivity contribution is 0.00125. The lowest BCUT2D eigenvalue weighted by atomic mass is 9.89. The Kier molecular flexibility index (Phi) is 5.91. The Morgan fingerprint density at radius 3 is 2.56 bits per heavy atom. The first-order valence-electron chi connectivity index (χ1n) is 8.17. The van der Waals surface area contributed by atoms with E-state index in [1.165, 1.54) is 17.2 Å². The molecule has 1 aromatic rings. The standard InChI is InChI=1S/C17H24ClFN2O4/c1-16(2,3)25-15(24)21-6-4-17(19,5-7-21)14-12(18)8-11(9-20-14)13(23)10-22/h8-9,13,22-23H,4-7,10H2,1-3H3. The van der Waals surface area contributed by atoms with Crippen molar-refractivity contribution < 1.29 is 24.1 Å². The summed E-state index contributed by atoms with van der Waals surface area (Å²) in [5.41, 5.74) is -1.94. The average Bonchev–Trinajstić information content (AvgIpc) is 2.52. The van der Waals surface area contributed by atoms with E-state index in [4.69, 9.17) is 21.4 Å². The van der Waals surface area contributed by atoms with Crippen molar-refractivity contribution in [2.24, 2.45) is 0 Å². The number of carbonyl (C=O) groups excluding carboxylic acids is 1. The van der Waals surface area contributed by atoms with Crippen LogP contribution in [0.15, 0.2) is 12.3 Å². The fraction of sp³-hybridized carbons (Fsp3) is 0.647. The van der Waals surface area contributed by atoms with Crippen LogP contribution in [0.4, 0.5) is 9.18 Å². The Labute approximate surface area is 151 Å². The van der Waals surface area contributed by atoms with Crippen LogP contribution in [-0.4, -0.2) is 51.5 Å². The lowest BCUT2D eigenvalue weighted by Crippen LogP contribution is -2.45. The van der Waals surface area contributed by atoms with Gasteiger partial charge in [-0.25, -0.2) is 9.18 Å². The molecular formula is C17H24ClFN2O4. The normalized spacial score (nSPS) is 18.8. The van der Waals surface area contributed by atoms with Crippen molar-refractivity contribution in [2.45, 2.75) is 51.0 Å². The number of halogens is 2. The number of pyridine rings is 1. The molecule has 1 amide bonds. The van der Waals surface area contributed by atoms with Gasteiger partial charge in [0.25, 0.3) is 0 Å². The summed E-state index contributed by atoms with van der Waals surface area (Å²) >= 11 is 6.14. The first kappa shape index (κ1) is 19.9. The Balaban J connectivity index is 2.08. The number of hydrogen-bond acceptors (Lipinski definition) is 5. The molecule has 6 nitrogen and oxygen atoms in total. The molecule has 0 aliphatic carbocycles. The summed E-state index contributed by atoms with van der Waals surface area (Å²) in [6.07, 6.45) is -0.149. The van der Waals surface area contributed by atoms with Crippen molar-refractivity contribution >= 4 is 17.7 Å². The van der Waals surface area contributed by atoms with Crippen LogP contribution >= 0.6 is 11.6 Å². The van der Waals surface area contributed by atoms with Gasteiger partial charge in [-0.3, -0.25) is 4.98 Å². The highest BCUT2D eigenvalue weighted by atomic mass is 35.5. The zero-order chi connectivity index (χ0) is 18.8. The molecule has 1 atom stereocenters. The molecule has 0 aromatic carbocycles. The maximum absolute atomic E-state index is 15.3. The molecule has 2 N–H and O–H groups in total. The maximum Gasteiger partial charge on any atom is 0.410 e. The third kappa shape index (κ3) is 4.80. The summed E-state index contributed by atoms with van der Waals surface area (Å²) in [6, 6.07) is 1.41. The van der Waals surface area contributed by atoms with E-state index in [1.54, 1.807) is 20.8 Å². The van der Waals surface area contributed by atoms with Crippen molar-refractivity contribution in [1.82, 2.24) is 9.88 Å². The van der Waals surface area contributed by atoms with Crippen molar-refractivity contribution in [3.63, 3.8) is 0 Å². The van der Waals surface area contributed by atoms with Gasteiger partial charge in [0.15, 0.2) is 5.67 Å². The summed E-state index contributed by atoms with van der Waals surface area (Å²) in [6.45, 7) is 5.26. The molecule has 140 valence electrons. The Morgan fingerprint density at radius 2 is 2.08 bits per heavy atom. The zero-order valence-corrected chi connectivity index (χ0v) is 15.4. The Bertz CT molecular complexity index is 628. The van der Waals surface area contributed by atoms with Gasteiger partial charge in [0.2, 0.25) is 0 Å². The minimum absolute atomic E-state index is 0.0564. The lowest BCUT2D eigenvalue weighted by Gasteiger charge is -2.37. The number of likely N-dealkylation sites (tertiary alicyclic amines) is 1. The van der Waals surface area contributed by atoms with Crippen LogP contribution in [0, 0.1) is 0 Å². The topological polar surface area (TPSA) is 82.9 Å². The number of hydrogen-bond donors (Lipinski definition) is 2. The molecule has 0 spiro atoms.